The number of carbonyl (C=O) groups excluding carboxylic acids is 1. The predicted octanol–water partition coefficient (Wildman–Crippen LogP) is 2.49. The quantitative estimate of drug-likeness (QED) is 0.928. The molecule has 1 fully saturated rings. The van der Waals surface area contributed by atoms with Crippen LogP contribution in [-0.2, 0) is 11.2 Å². The van der Waals surface area contributed by atoms with E-state index in [2.05, 4.69) is 33.2 Å². The Kier molecular flexibility index (Phi) is 3.94. The van der Waals surface area contributed by atoms with Crippen LogP contribution in [0.25, 0.3) is 0 Å². The Hall–Kier alpha value is -0.740. The summed E-state index contributed by atoms with van der Waals surface area (Å²) in [4.78, 5) is 16.5. The molecule has 1 atom stereocenters. The van der Waals surface area contributed by atoms with Gasteiger partial charge in [-0.2, -0.15) is 0 Å². The van der Waals surface area contributed by atoms with Crippen LogP contribution in [0.4, 0.5) is 0 Å². The van der Waals surface area contributed by atoms with Gasteiger partial charge in [-0.3, -0.25) is 9.78 Å². The number of Topliss-reactive ketones (excluding diaryl/α,β-unsaturated/α-hetero) is 1. The van der Waals surface area contributed by atoms with Gasteiger partial charge in [0.2, 0.25) is 0 Å². The van der Waals surface area contributed by atoms with Crippen molar-refractivity contribution in [2.75, 3.05) is 6.54 Å². The SMILES string of the molecule is CCC1(C(=O)Cc2cncc(Br)c2)CCCN1. The Labute approximate surface area is 110 Å². The number of carbonyl (C=O) groups is 1. The van der Waals surface area contributed by atoms with Crippen molar-refractivity contribution in [2.45, 2.75) is 38.1 Å². The molecule has 2 rings (SSSR count). The van der Waals surface area contributed by atoms with Gasteiger partial charge in [0.1, 0.15) is 0 Å². The fourth-order valence-electron chi connectivity index (χ4n) is 2.45. The Morgan fingerprint density at radius 3 is 3.00 bits per heavy atom. The lowest BCUT2D eigenvalue weighted by Crippen LogP contribution is -2.47. The number of pyridine rings is 1. The maximum Gasteiger partial charge on any atom is 0.157 e. The highest BCUT2D eigenvalue weighted by atomic mass is 79.9. The molecule has 1 aliphatic heterocycles. The van der Waals surface area contributed by atoms with Crippen molar-refractivity contribution in [3.05, 3.63) is 28.5 Å². The minimum absolute atomic E-state index is 0.289. The van der Waals surface area contributed by atoms with Crippen LogP contribution >= 0.6 is 15.9 Å². The van der Waals surface area contributed by atoms with Gasteiger partial charge in [-0.25, -0.2) is 0 Å². The monoisotopic (exact) mass is 296 g/mol. The molecule has 0 amide bonds. The molecule has 1 saturated heterocycles. The number of halogens is 1. The summed E-state index contributed by atoms with van der Waals surface area (Å²) in [5.74, 6) is 0.289. The maximum absolute atomic E-state index is 12.4. The van der Waals surface area contributed by atoms with Gasteiger partial charge in [0.15, 0.2) is 5.78 Å². The zero-order chi connectivity index (χ0) is 12.3. The highest BCUT2D eigenvalue weighted by Gasteiger charge is 2.38. The molecule has 0 bridgehead atoms. The van der Waals surface area contributed by atoms with E-state index >= 15 is 0 Å². The largest absolute Gasteiger partial charge is 0.305 e. The molecule has 1 aromatic heterocycles. The number of ketones is 1. The number of rotatable bonds is 4. The zero-order valence-corrected chi connectivity index (χ0v) is 11.6. The van der Waals surface area contributed by atoms with Crippen molar-refractivity contribution >= 4 is 21.7 Å². The van der Waals surface area contributed by atoms with Gasteiger partial charge in [0.25, 0.3) is 0 Å². The Morgan fingerprint density at radius 1 is 1.59 bits per heavy atom. The van der Waals surface area contributed by atoms with Crippen LogP contribution in [0, 0.1) is 0 Å². The third kappa shape index (κ3) is 2.75. The van der Waals surface area contributed by atoms with E-state index in [0.717, 1.165) is 35.8 Å². The normalized spacial score (nSPS) is 23.9. The Balaban J connectivity index is 2.10. The molecular formula is C13H17BrN2O. The predicted molar refractivity (Wildman–Crippen MR) is 70.9 cm³/mol. The van der Waals surface area contributed by atoms with E-state index in [1.54, 1.807) is 12.4 Å². The molecule has 92 valence electrons. The lowest BCUT2D eigenvalue weighted by Gasteiger charge is -2.26. The fraction of sp³-hybridized carbons (Fsp3) is 0.538. The van der Waals surface area contributed by atoms with Crippen molar-refractivity contribution < 1.29 is 4.79 Å². The second kappa shape index (κ2) is 5.27. The van der Waals surface area contributed by atoms with E-state index in [1.165, 1.54) is 0 Å². The van der Waals surface area contributed by atoms with E-state index in [-0.39, 0.29) is 11.3 Å². The molecule has 1 aliphatic rings. The first kappa shape index (κ1) is 12.7. The average Bonchev–Trinajstić information content (AvgIpc) is 2.78. The van der Waals surface area contributed by atoms with Crippen molar-refractivity contribution in [1.29, 1.82) is 0 Å². The molecule has 1 N–H and O–H groups in total. The standard InChI is InChI=1S/C13H17BrN2O/c1-2-13(4-3-5-16-13)12(17)7-10-6-11(14)9-15-8-10/h6,8-9,16H,2-5,7H2,1H3. The van der Waals surface area contributed by atoms with Crippen LogP contribution in [0.3, 0.4) is 0 Å². The summed E-state index contributed by atoms with van der Waals surface area (Å²) in [5.41, 5.74) is 0.688. The second-order valence-electron chi connectivity index (χ2n) is 4.58. The molecule has 0 spiro atoms. The van der Waals surface area contributed by atoms with Crippen molar-refractivity contribution in [3.63, 3.8) is 0 Å². The molecule has 1 aromatic rings. The molecule has 0 radical (unpaired) electrons. The Morgan fingerprint density at radius 2 is 2.41 bits per heavy atom. The molecule has 4 heteroatoms. The highest BCUT2D eigenvalue weighted by molar-refractivity contribution is 9.10. The topological polar surface area (TPSA) is 42.0 Å². The number of nitrogens with one attached hydrogen (secondary N) is 1. The molecule has 0 saturated carbocycles. The first-order valence-electron chi connectivity index (χ1n) is 6.04. The van der Waals surface area contributed by atoms with Crippen LogP contribution in [0.5, 0.6) is 0 Å². The van der Waals surface area contributed by atoms with Gasteiger partial charge >= 0.3 is 0 Å². The first-order valence-corrected chi connectivity index (χ1v) is 6.83. The summed E-state index contributed by atoms with van der Waals surface area (Å²) in [6.07, 6.45) is 6.89. The molecule has 1 unspecified atom stereocenters. The van der Waals surface area contributed by atoms with Gasteiger partial charge in [-0.05, 0) is 53.4 Å². The lowest BCUT2D eigenvalue weighted by molar-refractivity contribution is -0.124. The van der Waals surface area contributed by atoms with Crippen molar-refractivity contribution in [2.24, 2.45) is 0 Å². The van der Waals surface area contributed by atoms with Gasteiger partial charge < -0.3 is 5.32 Å². The van der Waals surface area contributed by atoms with Crippen LogP contribution in [0.1, 0.15) is 31.7 Å². The van der Waals surface area contributed by atoms with Crippen LogP contribution < -0.4 is 5.32 Å². The smallest absolute Gasteiger partial charge is 0.157 e. The summed E-state index contributed by atoms with van der Waals surface area (Å²) in [6, 6.07) is 1.96. The molecular weight excluding hydrogens is 280 g/mol. The highest BCUT2D eigenvalue weighted by Crippen LogP contribution is 2.25. The third-order valence-electron chi connectivity index (χ3n) is 3.51. The molecule has 3 nitrogen and oxygen atoms in total. The maximum atomic E-state index is 12.4. The summed E-state index contributed by atoms with van der Waals surface area (Å²) in [6.45, 7) is 3.03. The summed E-state index contributed by atoms with van der Waals surface area (Å²) < 4.78 is 0.924. The Bertz CT molecular complexity index is 414. The molecule has 0 aliphatic carbocycles. The average molecular weight is 297 g/mol. The summed E-state index contributed by atoms with van der Waals surface area (Å²) >= 11 is 3.38. The number of hydrogen-bond acceptors (Lipinski definition) is 3. The zero-order valence-electron chi connectivity index (χ0n) is 10.0. The van der Waals surface area contributed by atoms with Crippen LogP contribution in [0.2, 0.25) is 0 Å². The summed E-state index contributed by atoms with van der Waals surface area (Å²) in [7, 11) is 0. The van der Waals surface area contributed by atoms with Crippen molar-refractivity contribution in [1.82, 2.24) is 10.3 Å². The van der Waals surface area contributed by atoms with Crippen LogP contribution in [0.15, 0.2) is 22.9 Å². The number of nitrogens with zero attached hydrogens (tertiary/aromatic N) is 1. The van der Waals surface area contributed by atoms with Crippen LogP contribution in [-0.4, -0.2) is 22.9 Å². The van der Waals surface area contributed by atoms with Gasteiger partial charge in [-0.1, -0.05) is 6.92 Å². The van der Waals surface area contributed by atoms with Gasteiger partial charge in [0, 0.05) is 23.3 Å². The van der Waals surface area contributed by atoms with Gasteiger partial charge in [-0.15, -0.1) is 0 Å². The van der Waals surface area contributed by atoms with E-state index in [9.17, 15) is 4.79 Å². The molecule has 2 heterocycles. The third-order valence-corrected chi connectivity index (χ3v) is 3.94. The summed E-state index contributed by atoms with van der Waals surface area (Å²) in [5, 5.41) is 3.37. The number of aromatic nitrogens is 1. The number of hydrogen-bond donors (Lipinski definition) is 1. The lowest BCUT2D eigenvalue weighted by atomic mass is 9.86. The minimum Gasteiger partial charge on any atom is -0.305 e. The van der Waals surface area contributed by atoms with Crippen molar-refractivity contribution in [3.8, 4) is 0 Å². The van der Waals surface area contributed by atoms with E-state index in [4.69, 9.17) is 0 Å². The molecule has 0 aromatic carbocycles. The van der Waals surface area contributed by atoms with Gasteiger partial charge in [0.05, 0.1) is 5.54 Å². The van der Waals surface area contributed by atoms with E-state index < -0.39 is 0 Å². The molecule has 17 heavy (non-hydrogen) atoms. The first-order chi connectivity index (χ1) is 8.16. The van der Waals surface area contributed by atoms with E-state index in [1.807, 2.05) is 6.07 Å². The minimum atomic E-state index is -0.289. The second-order valence-corrected chi connectivity index (χ2v) is 5.49. The fourth-order valence-corrected chi connectivity index (χ4v) is 2.86. The van der Waals surface area contributed by atoms with E-state index in [0.29, 0.717) is 6.42 Å².